The highest BCUT2D eigenvalue weighted by Crippen LogP contribution is 2.14. The van der Waals surface area contributed by atoms with Gasteiger partial charge in [0.15, 0.2) is 0 Å². The molecular weight excluding hydrogens is 215 g/mol. The van der Waals surface area contributed by atoms with E-state index in [9.17, 15) is 0 Å². The summed E-state index contributed by atoms with van der Waals surface area (Å²) in [5, 5.41) is 0. The van der Waals surface area contributed by atoms with Crippen LogP contribution in [-0.2, 0) is 3.07 Å². The minimum atomic E-state index is 0.393. The molecule has 1 aliphatic rings. The Morgan fingerprint density at radius 2 is 2.50 bits per heavy atom. The van der Waals surface area contributed by atoms with E-state index in [1.54, 1.807) is 0 Å². The van der Waals surface area contributed by atoms with Gasteiger partial charge in [-0.1, -0.05) is 12.2 Å². The van der Waals surface area contributed by atoms with Gasteiger partial charge < -0.3 is 3.07 Å². The molecule has 0 saturated carbocycles. The maximum Gasteiger partial charge on any atom is 0.110 e. The van der Waals surface area contributed by atoms with Crippen LogP contribution in [0.4, 0.5) is 0 Å². The Hall–Kier alpha value is 0.430. The largest absolute Gasteiger partial charge is 0.308 e. The van der Waals surface area contributed by atoms with Crippen molar-refractivity contribution in [3.05, 3.63) is 12.2 Å². The van der Waals surface area contributed by atoms with Gasteiger partial charge in [0.1, 0.15) is 23.0 Å². The molecule has 0 aromatic rings. The zero-order valence-corrected chi connectivity index (χ0v) is 6.80. The van der Waals surface area contributed by atoms with Crippen molar-refractivity contribution in [3.8, 4) is 0 Å². The highest BCUT2D eigenvalue weighted by molar-refractivity contribution is 14.1. The third kappa shape index (κ3) is 1.74. The van der Waals surface area contributed by atoms with Gasteiger partial charge in [0.05, 0.1) is 6.10 Å². The lowest BCUT2D eigenvalue weighted by Crippen LogP contribution is -2.05. The van der Waals surface area contributed by atoms with Gasteiger partial charge in [-0.15, -0.1) is 0 Å². The summed E-state index contributed by atoms with van der Waals surface area (Å²) < 4.78 is 5.07. The predicted molar refractivity (Wildman–Crippen MR) is 41.9 cm³/mol. The van der Waals surface area contributed by atoms with E-state index in [1.807, 2.05) is 23.0 Å². The van der Waals surface area contributed by atoms with E-state index in [0.29, 0.717) is 6.10 Å². The number of halogens is 1. The molecule has 0 radical (unpaired) electrons. The minimum Gasteiger partial charge on any atom is -0.308 e. The summed E-state index contributed by atoms with van der Waals surface area (Å²) in [4.78, 5) is 0. The van der Waals surface area contributed by atoms with Crippen LogP contribution < -0.4 is 0 Å². The monoisotopic (exact) mass is 224 g/mol. The molecule has 0 saturated heterocycles. The van der Waals surface area contributed by atoms with Crippen LogP contribution in [0.15, 0.2) is 12.2 Å². The second-order valence-corrected chi connectivity index (χ2v) is 2.50. The predicted octanol–water partition coefficient (Wildman–Crippen LogP) is 2.46. The van der Waals surface area contributed by atoms with E-state index < -0.39 is 0 Å². The second-order valence-electron chi connectivity index (χ2n) is 1.99. The topological polar surface area (TPSA) is 9.23 Å². The summed E-state index contributed by atoms with van der Waals surface area (Å²) in [5.74, 6) is 0. The van der Waals surface area contributed by atoms with E-state index in [2.05, 4.69) is 12.2 Å². The van der Waals surface area contributed by atoms with Crippen LogP contribution in [0.3, 0.4) is 0 Å². The Bertz CT molecular complexity index is 90.5. The molecule has 0 N–H and O–H groups in total. The molecule has 2 heteroatoms. The molecule has 0 aromatic heterocycles. The van der Waals surface area contributed by atoms with Crippen molar-refractivity contribution in [1.29, 1.82) is 0 Å². The van der Waals surface area contributed by atoms with Gasteiger partial charge in [-0.25, -0.2) is 0 Å². The molecule has 1 nitrogen and oxygen atoms in total. The fourth-order valence-electron chi connectivity index (χ4n) is 0.855. The molecule has 0 amide bonds. The molecule has 8 heavy (non-hydrogen) atoms. The quantitative estimate of drug-likeness (QED) is 0.491. The van der Waals surface area contributed by atoms with Crippen molar-refractivity contribution >= 4 is 23.0 Å². The zero-order valence-electron chi connectivity index (χ0n) is 4.64. The lowest BCUT2D eigenvalue weighted by molar-refractivity contribution is 0.312. The average Bonchev–Trinajstić information content (AvgIpc) is 1.90. The third-order valence-electron chi connectivity index (χ3n) is 1.32. The van der Waals surface area contributed by atoms with Gasteiger partial charge in [0.25, 0.3) is 0 Å². The summed E-state index contributed by atoms with van der Waals surface area (Å²) in [6.07, 6.45) is 8.42. The first-order valence-corrected chi connectivity index (χ1v) is 3.75. The maximum absolute atomic E-state index is 5.07. The Labute approximate surface area is 63.8 Å². The summed E-state index contributed by atoms with van der Waals surface area (Å²) in [6, 6.07) is 0. The third-order valence-corrected chi connectivity index (χ3v) is 1.98. The Morgan fingerprint density at radius 1 is 1.62 bits per heavy atom. The van der Waals surface area contributed by atoms with Gasteiger partial charge in [-0.3, -0.25) is 0 Å². The van der Waals surface area contributed by atoms with Crippen LogP contribution in [0.25, 0.3) is 0 Å². The van der Waals surface area contributed by atoms with Crippen LogP contribution in [0.2, 0.25) is 0 Å². The van der Waals surface area contributed by atoms with Crippen LogP contribution in [0, 0.1) is 0 Å². The van der Waals surface area contributed by atoms with E-state index >= 15 is 0 Å². The van der Waals surface area contributed by atoms with Crippen LogP contribution in [0.5, 0.6) is 0 Å². The lowest BCUT2D eigenvalue weighted by Gasteiger charge is -2.11. The lowest BCUT2D eigenvalue weighted by atomic mass is 10.1. The Morgan fingerprint density at radius 3 is 2.88 bits per heavy atom. The fourth-order valence-corrected chi connectivity index (χ4v) is 1.28. The van der Waals surface area contributed by atoms with Gasteiger partial charge in [0, 0.05) is 0 Å². The molecule has 0 heterocycles. The zero-order chi connectivity index (χ0) is 5.82. The second kappa shape index (κ2) is 3.45. The van der Waals surface area contributed by atoms with E-state index in [4.69, 9.17) is 3.07 Å². The average molecular weight is 224 g/mol. The molecule has 0 bridgehead atoms. The normalized spacial score (nSPS) is 28.4. The number of hydrogen-bond donors (Lipinski definition) is 0. The maximum atomic E-state index is 5.07. The summed E-state index contributed by atoms with van der Waals surface area (Å²) >= 11 is 1.96. The summed E-state index contributed by atoms with van der Waals surface area (Å²) in [6.45, 7) is 0. The standard InChI is InChI=1S/C6H9IO/c7-8-6-4-2-1-3-5-6/h2,4,6H,1,3,5H2. The van der Waals surface area contributed by atoms with Gasteiger partial charge in [-0.05, 0) is 19.3 Å². The molecule has 1 aliphatic carbocycles. The van der Waals surface area contributed by atoms with Gasteiger partial charge in [0.2, 0.25) is 0 Å². The van der Waals surface area contributed by atoms with Crippen molar-refractivity contribution < 1.29 is 3.07 Å². The van der Waals surface area contributed by atoms with Crippen molar-refractivity contribution in [1.82, 2.24) is 0 Å². The number of hydrogen-bond acceptors (Lipinski definition) is 1. The van der Waals surface area contributed by atoms with Crippen LogP contribution in [-0.4, -0.2) is 6.10 Å². The molecule has 0 spiro atoms. The highest BCUT2D eigenvalue weighted by atomic mass is 127. The Kier molecular flexibility index (Phi) is 2.83. The van der Waals surface area contributed by atoms with Crippen molar-refractivity contribution in [2.24, 2.45) is 0 Å². The van der Waals surface area contributed by atoms with Crippen LogP contribution >= 0.6 is 23.0 Å². The first-order chi connectivity index (χ1) is 3.93. The Balaban J connectivity index is 2.32. The van der Waals surface area contributed by atoms with Crippen molar-refractivity contribution in [2.45, 2.75) is 25.4 Å². The van der Waals surface area contributed by atoms with Crippen LogP contribution in [0.1, 0.15) is 19.3 Å². The van der Waals surface area contributed by atoms with Crippen molar-refractivity contribution in [2.75, 3.05) is 0 Å². The van der Waals surface area contributed by atoms with Crippen molar-refractivity contribution in [3.63, 3.8) is 0 Å². The molecule has 0 fully saturated rings. The van der Waals surface area contributed by atoms with E-state index in [-0.39, 0.29) is 0 Å². The van der Waals surface area contributed by atoms with E-state index in [0.717, 1.165) is 0 Å². The minimum absolute atomic E-state index is 0.393. The molecule has 1 rings (SSSR count). The van der Waals surface area contributed by atoms with E-state index in [1.165, 1.54) is 19.3 Å². The SMILES string of the molecule is IOC1C=CCCC1. The number of rotatable bonds is 1. The molecule has 1 atom stereocenters. The van der Waals surface area contributed by atoms with Gasteiger partial charge >= 0.3 is 0 Å². The molecule has 1 unspecified atom stereocenters. The number of allylic oxidation sites excluding steroid dienone is 1. The fraction of sp³-hybridized carbons (Fsp3) is 0.667. The van der Waals surface area contributed by atoms with Gasteiger partial charge in [-0.2, -0.15) is 0 Å². The smallest absolute Gasteiger partial charge is 0.110 e. The molecule has 0 aliphatic heterocycles. The summed E-state index contributed by atoms with van der Waals surface area (Å²) in [5.41, 5.74) is 0. The highest BCUT2D eigenvalue weighted by Gasteiger charge is 2.05. The summed E-state index contributed by atoms with van der Waals surface area (Å²) in [7, 11) is 0. The first kappa shape index (κ1) is 6.55. The molecule has 46 valence electrons. The molecule has 0 aromatic carbocycles. The molecular formula is C6H9IO. The first-order valence-electron chi connectivity index (χ1n) is 2.87.